The van der Waals surface area contributed by atoms with Gasteiger partial charge >= 0.3 is 0 Å². The van der Waals surface area contributed by atoms with Gasteiger partial charge in [0.2, 0.25) is 0 Å². The first-order chi connectivity index (χ1) is 14.9. The van der Waals surface area contributed by atoms with Gasteiger partial charge in [0, 0.05) is 6.04 Å². The molecule has 4 aliphatic rings. The number of carbonyl (C=O) groups is 1. The van der Waals surface area contributed by atoms with E-state index >= 15 is 0 Å². The number of hydrogen-bond acceptors (Lipinski definition) is 4. The van der Waals surface area contributed by atoms with Crippen molar-refractivity contribution in [2.75, 3.05) is 0 Å². The summed E-state index contributed by atoms with van der Waals surface area (Å²) in [6.45, 7) is 2.16. The standard InChI is InChI=1S/C25H31NO4S/c1-2-23(25-13-17-10-18(14-25)12-19(11-17)15-25)26-24(27)22-9-8-20(30-22)16-31(28,29)21-6-4-3-5-7-21/h3-9,17-19,23H,2,10-16H2,1H3,(H,26,27)/t17?,18?,19?,23-,25?/m0/s1. The van der Waals surface area contributed by atoms with E-state index in [0.29, 0.717) is 0 Å². The number of hydrogen-bond donors (Lipinski definition) is 1. The molecular formula is C25H31NO4S. The van der Waals surface area contributed by atoms with Crippen LogP contribution < -0.4 is 5.32 Å². The topological polar surface area (TPSA) is 76.4 Å². The van der Waals surface area contributed by atoms with E-state index in [1.165, 1.54) is 38.5 Å². The monoisotopic (exact) mass is 441 g/mol. The predicted octanol–water partition coefficient (Wildman–Crippen LogP) is 4.98. The van der Waals surface area contributed by atoms with Crippen LogP contribution in [0.5, 0.6) is 0 Å². The van der Waals surface area contributed by atoms with Gasteiger partial charge in [0.15, 0.2) is 15.6 Å². The van der Waals surface area contributed by atoms with Gasteiger partial charge in [-0.15, -0.1) is 0 Å². The Morgan fingerprint density at radius 2 is 1.65 bits per heavy atom. The van der Waals surface area contributed by atoms with E-state index < -0.39 is 9.84 Å². The van der Waals surface area contributed by atoms with Gasteiger partial charge in [-0.2, -0.15) is 0 Å². The number of carbonyl (C=O) groups excluding carboxylic acids is 1. The Morgan fingerprint density at radius 3 is 2.23 bits per heavy atom. The summed E-state index contributed by atoms with van der Waals surface area (Å²) < 4.78 is 30.9. The molecule has 6 rings (SSSR count). The molecule has 0 saturated heterocycles. The average Bonchev–Trinajstić information content (AvgIpc) is 3.19. The first-order valence-electron chi connectivity index (χ1n) is 11.5. The summed E-state index contributed by atoms with van der Waals surface area (Å²) in [5.74, 6) is 2.49. The van der Waals surface area contributed by atoms with Gasteiger partial charge in [0.05, 0.1) is 4.90 Å². The molecule has 5 nitrogen and oxygen atoms in total. The Labute approximate surface area is 184 Å². The molecule has 1 amide bonds. The molecule has 1 N–H and O–H groups in total. The van der Waals surface area contributed by atoms with E-state index in [2.05, 4.69) is 12.2 Å². The van der Waals surface area contributed by atoms with E-state index in [4.69, 9.17) is 4.42 Å². The van der Waals surface area contributed by atoms with Gasteiger partial charge in [-0.05, 0) is 92.4 Å². The fourth-order valence-corrected chi connectivity index (χ4v) is 8.27. The second-order valence-electron chi connectivity index (χ2n) is 10.1. The number of amides is 1. The molecule has 0 radical (unpaired) electrons. The number of nitrogens with one attached hydrogen (secondary N) is 1. The fraction of sp³-hybridized carbons (Fsp3) is 0.560. The molecule has 1 aromatic heterocycles. The third kappa shape index (κ3) is 3.95. The molecule has 4 saturated carbocycles. The first-order valence-corrected chi connectivity index (χ1v) is 13.2. The Hall–Kier alpha value is -2.08. The van der Waals surface area contributed by atoms with E-state index in [1.54, 1.807) is 42.5 Å². The number of benzene rings is 1. The summed E-state index contributed by atoms with van der Waals surface area (Å²) in [7, 11) is -3.51. The van der Waals surface area contributed by atoms with Crippen LogP contribution in [0.2, 0.25) is 0 Å². The van der Waals surface area contributed by atoms with Crippen LogP contribution in [0.3, 0.4) is 0 Å². The van der Waals surface area contributed by atoms with E-state index in [9.17, 15) is 13.2 Å². The van der Waals surface area contributed by atoms with Crippen molar-refractivity contribution in [3.63, 3.8) is 0 Å². The highest BCUT2D eigenvalue weighted by molar-refractivity contribution is 7.90. The summed E-state index contributed by atoms with van der Waals surface area (Å²) in [4.78, 5) is 13.3. The number of sulfone groups is 1. The molecule has 0 spiro atoms. The van der Waals surface area contributed by atoms with Crippen LogP contribution in [0.1, 0.15) is 68.2 Å². The lowest BCUT2D eigenvalue weighted by Gasteiger charge is -2.59. The van der Waals surface area contributed by atoms with Crippen LogP contribution >= 0.6 is 0 Å². The quantitative estimate of drug-likeness (QED) is 0.658. The minimum atomic E-state index is -3.51. The molecule has 1 heterocycles. The second kappa shape index (κ2) is 7.80. The van der Waals surface area contributed by atoms with Gasteiger partial charge in [0.1, 0.15) is 11.5 Å². The molecular weight excluding hydrogens is 410 g/mol. The molecule has 6 heteroatoms. The zero-order valence-corrected chi connectivity index (χ0v) is 18.9. The third-order valence-corrected chi connectivity index (χ3v) is 9.51. The Bertz CT molecular complexity index is 1020. The first kappa shape index (κ1) is 20.8. The van der Waals surface area contributed by atoms with E-state index in [0.717, 1.165) is 24.2 Å². The van der Waals surface area contributed by atoms with Crippen molar-refractivity contribution < 1.29 is 17.6 Å². The molecule has 166 valence electrons. The van der Waals surface area contributed by atoms with Crippen LogP contribution in [0.4, 0.5) is 0 Å². The van der Waals surface area contributed by atoms with Crippen molar-refractivity contribution in [3.8, 4) is 0 Å². The SMILES string of the molecule is CC[C@H](NC(=O)c1ccc(CS(=O)(=O)c2ccccc2)o1)C12CC3CC(CC(C3)C1)C2. The van der Waals surface area contributed by atoms with Crippen molar-refractivity contribution in [2.24, 2.45) is 23.2 Å². The van der Waals surface area contributed by atoms with Crippen LogP contribution in [-0.4, -0.2) is 20.4 Å². The molecule has 4 bridgehead atoms. The van der Waals surface area contributed by atoms with Gasteiger partial charge in [-0.25, -0.2) is 8.42 Å². The molecule has 0 unspecified atom stereocenters. The lowest BCUT2D eigenvalue weighted by atomic mass is 9.47. The van der Waals surface area contributed by atoms with E-state index in [1.807, 2.05) is 0 Å². The maximum absolute atomic E-state index is 13.0. The highest BCUT2D eigenvalue weighted by Crippen LogP contribution is 2.61. The highest BCUT2D eigenvalue weighted by atomic mass is 32.2. The smallest absolute Gasteiger partial charge is 0.287 e. The van der Waals surface area contributed by atoms with Crippen molar-refractivity contribution in [1.29, 1.82) is 0 Å². The molecule has 2 aromatic rings. The maximum Gasteiger partial charge on any atom is 0.287 e. The Balaban J connectivity index is 1.28. The minimum Gasteiger partial charge on any atom is -0.455 e. The molecule has 1 aromatic carbocycles. The summed E-state index contributed by atoms with van der Waals surface area (Å²) in [6, 6.07) is 11.7. The van der Waals surface area contributed by atoms with Gasteiger partial charge in [0.25, 0.3) is 5.91 Å². The largest absolute Gasteiger partial charge is 0.455 e. The second-order valence-corrected chi connectivity index (χ2v) is 12.0. The molecule has 0 aliphatic heterocycles. The van der Waals surface area contributed by atoms with E-state index in [-0.39, 0.29) is 39.5 Å². The zero-order chi connectivity index (χ0) is 21.6. The van der Waals surface area contributed by atoms with Crippen molar-refractivity contribution in [1.82, 2.24) is 5.32 Å². The minimum absolute atomic E-state index is 0.148. The van der Waals surface area contributed by atoms with Crippen LogP contribution in [-0.2, 0) is 15.6 Å². The maximum atomic E-state index is 13.0. The van der Waals surface area contributed by atoms with Gasteiger partial charge in [-0.1, -0.05) is 25.1 Å². The number of rotatable bonds is 7. The molecule has 31 heavy (non-hydrogen) atoms. The lowest BCUT2D eigenvalue weighted by molar-refractivity contribution is -0.0728. The summed E-state index contributed by atoms with van der Waals surface area (Å²) in [5, 5.41) is 3.27. The normalized spacial score (nSPS) is 30.3. The number of furan rings is 1. The Kier molecular flexibility index (Phi) is 5.24. The lowest BCUT2D eigenvalue weighted by Crippen LogP contribution is -2.56. The molecule has 1 atom stereocenters. The van der Waals surface area contributed by atoms with Crippen LogP contribution in [0.15, 0.2) is 51.8 Å². The molecule has 4 aliphatic carbocycles. The van der Waals surface area contributed by atoms with Gasteiger partial charge in [-0.3, -0.25) is 4.79 Å². The average molecular weight is 442 g/mol. The van der Waals surface area contributed by atoms with Gasteiger partial charge < -0.3 is 9.73 Å². The summed E-state index contributed by atoms with van der Waals surface area (Å²) in [6.07, 6.45) is 8.74. The highest BCUT2D eigenvalue weighted by Gasteiger charge is 2.54. The third-order valence-electron chi connectivity index (χ3n) is 7.86. The van der Waals surface area contributed by atoms with Crippen LogP contribution in [0, 0.1) is 23.2 Å². The zero-order valence-electron chi connectivity index (χ0n) is 18.0. The predicted molar refractivity (Wildman–Crippen MR) is 118 cm³/mol. The fourth-order valence-electron chi connectivity index (χ4n) is 7.00. The molecule has 4 fully saturated rings. The summed E-state index contributed by atoms with van der Waals surface area (Å²) >= 11 is 0. The van der Waals surface area contributed by atoms with Crippen LogP contribution in [0.25, 0.3) is 0 Å². The Morgan fingerprint density at radius 1 is 1.03 bits per heavy atom. The van der Waals surface area contributed by atoms with Crippen molar-refractivity contribution in [3.05, 3.63) is 54.0 Å². The van der Waals surface area contributed by atoms with Crippen molar-refractivity contribution >= 4 is 15.7 Å². The van der Waals surface area contributed by atoms with Crippen molar-refractivity contribution in [2.45, 2.75) is 68.6 Å². The summed E-state index contributed by atoms with van der Waals surface area (Å²) in [5.41, 5.74) is 0.227.